The number of nitrogens with zero attached hydrogens (tertiary/aromatic N) is 2. The van der Waals surface area contributed by atoms with Crippen LogP contribution in [0.4, 0.5) is 5.69 Å². The predicted octanol–water partition coefficient (Wildman–Crippen LogP) is 1.41. The van der Waals surface area contributed by atoms with Crippen LogP contribution in [0, 0.1) is 11.3 Å². The molecule has 1 amide bonds. The Kier molecular flexibility index (Phi) is 3.53. The maximum Gasteiger partial charge on any atom is 0.268 e. The number of carbonyl (C=O) groups excluding carboxylic acids is 1. The van der Waals surface area contributed by atoms with Gasteiger partial charge in [0, 0.05) is 19.8 Å². The standard InChI is InChI=1S/C14H14N4O/c1-18-9-12(16)6-13(18)14(19)17-8-11-4-2-10(7-15)3-5-11/h2-6,9H,8,16H2,1H3,(H,17,19). The summed E-state index contributed by atoms with van der Waals surface area (Å²) in [4.78, 5) is 11.9. The largest absolute Gasteiger partial charge is 0.397 e. The van der Waals surface area contributed by atoms with Gasteiger partial charge in [-0.05, 0) is 23.8 Å². The highest BCUT2D eigenvalue weighted by atomic mass is 16.1. The molecule has 5 nitrogen and oxygen atoms in total. The monoisotopic (exact) mass is 254 g/mol. The van der Waals surface area contributed by atoms with Crippen LogP contribution in [0.3, 0.4) is 0 Å². The van der Waals surface area contributed by atoms with Gasteiger partial charge in [-0.3, -0.25) is 4.79 Å². The number of nitrogens with two attached hydrogens (primary N) is 1. The molecule has 0 radical (unpaired) electrons. The van der Waals surface area contributed by atoms with E-state index in [9.17, 15) is 4.79 Å². The zero-order chi connectivity index (χ0) is 13.8. The maximum atomic E-state index is 11.9. The summed E-state index contributed by atoms with van der Waals surface area (Å²) in [5, 5.41) is 11.5. The average molecular weight is 254 g/mol. The Hall–Kier alpha value is -2.74. The summed E-state index contributed by atoms with van der Waals surface area (Å²) in [5.74, 6) is -0.177. The summed E-state index contributed by atoms with van der Waals surface area (Å²) < 4.78 is 1.68. The Morgan fingerprint density at radius 3 is 2.63 bits per heavy atom. The van der Waals surface area contributed by atoms with E-state index in [4.69, 9.17) is 11.0 Å². The summed E-state index contributed by atoms with van der Waals surface area (Å²) in [6, 6.07) is 10.8. The lowest BCUT2D eigenvalue weighted by Gasteiger charge is -2.06. The summed E-state index contributed by atoms with van der Waals surface area (Å²) in [6.45, 7) is 0.412. The van der Waals surface area contributed by atoms with Gasteiger partial charge in [0.15, 0.2) is 0 Å². The van der Waals surface area contributed by atoms with Gasteiger partial charge in [0.2, 0.25) is 0 Å². The average Bonchev–Trinajstić information content (AvgIpc) is 2.75. The molecular formula is C14H14N4O. The third-order valence-corrected chi connectivity index (χ3v) is 2.79. The van der Waals surface area contributed by atoms with Crippen molar-refractivity contribution in [2.24, 2.45) is 7.05 Å². The van der Waals surface area contributed by atoms with Crippen LogP contribution in [0.25, 0.3) is 0 Å². The normalized spacial score (nSPS) is 9.89. The molecule has 0 bridgehead atoms. The fourth-order valence-electron chi connectivity index (χ4n) is 1.79. The van der Waals surface area contributed by atoms with Gasteiger partial charge in [-0.15, -0.1) is 0 Å². The van der Waals surface area contributed by atoms with E-state index in [1.54, 1.807) is 36.0 Å². The van der Waals surface area contributed by atoms with Gasteiger partial charge in [0.05, 0.1) is 17.3 Å². The Labute approximate surface area is 111 Å². The lowest BCUT2D eigenvalue weighted by atomic mass is 10.1. The number of nitrogens with one attached hydrogen (secondary N) is 1. The Morgan fingerprint density at radius 2 is 2.11 bits per heavy atom. The number of hydrogen-bond donors (Lipinski definition) is 2. The molecule has 1 aromatic carbocycles. The molecule has 0 saturated heterocycles. The Balaban J connectivity index is 2.00. The molecule has 19 heavy (non-hydrogen) atoms. The number of amides is 1. The molecule has 0 aliphatic rings. The van der Waals surface area contributed by atoms with E-state index in [1.807, 2.05) is 12.1 Å². The number of benzene rings is 1. The number of hydrogen-bond acceptors (Lipinski definition) is 3. The van der Waals surface area contributed by atoms with Gasteiger partial charge in [-0.2, -0.15) is 5.26 Å². The van der Waals surface area contributed by atoms with Gasteiger partial charge in [0.25, 0.3) is 5.91 Å². The van der Waals surface area contributed by atoms with Crippen molar-refractivity contribution in [3.8, 4) is 6.07 Å². The molecule has 0 atom stereocenters. The van der Waals surface area contributed by atoms with Crippen LogP contribution in [0.1, 0.15) is 21.6 Å². The third-order valence-electron chi connectivity index (χ3n) is 2.79. The first-order chi connectivity index (χ1) is 9.10. The molecule has 0 spiro atoms. The Bertz CT molecular complexity index is 634. The molecule has 0 unspecified atom stereocenters. The highest BCUT2D eigenvalue weighted by Crippen LogP contribution is 2.09. The van der Waals surface area contributed by atoms with Crippen LogP contribution in [-0.4, -0.2) is 10.5 Å². The second-order valence-corrected chi connectivity index (χ2v) is 4.26. The number of nitriles is 1. The minimum Gasteiger partial charge on any atom is -0.397 e. The number of rotatable bonds is 3. The first kappa shape index (κ1) is 12.7. The summed E-state index contributed by atoms with van der Waals surface area (Å²) in [7, 11) is 1.77. The van der Waals surface area contributed by atoms with Crippen LogP contribution in [0.2, 0.25) is 0 Å². The fourth-order valence-corrected chi connectivity index (χ4v) is 1.79. The molecule has 2 rings (SSSR count). The highest BCUT2D eigenvalue weighted by Gasteiger charge is 2.10. The molecule has 96 valence electrons. The third kappa shape index (κ3) is 2.93. The van der Waals surface area contributed by atoms with Crippen molar-refractivity contribution in [2.75, 3.05) is 5.73 Å². The van der Waals surface area contributed by atoms with Crippen LogP contribution in [-0.2, 0) is 13.6 Å². The lowest BCUT2D eigenvalue weighted by Crippen LogP contribution is -2.24. The molecule has 0 aliphatic carbocycles. The van der Waals surface area contributed by atoms with Crippen molar-refractivity contribution in [1.82, 2.24) is 9.88 Å². The van der Waals surface area contributed by atoms with Gasteiger partial charge in [-0.25, -0.2) is 0 Å². The molecule has 0 saturated carbocycles. The van der Waals surface area contributed by atoms with E-state index in [1.165, 1.54) is 0 Å². The number of nitrogen functional groups attached to an aromatic ring is 1. The highest BCUT2D eigenvalue weighted by molar-refractivity contribution is 5.93. The number of aryl methyl sites for hydroxylation is 1. The van der Waals surface area contributed by atoms with Crippen molar-refractivity contribution < 1.29 is 4.79 Å². The molecule has 3 N–H and O–H groups in total. The first-order valence-electron chi connectivity index (χ1n) is 5.79. The van der Waals surface area contributed by atoms with E-state index in [-0.39, 0.29) is 5.91 Å². The van der Waals surface area contributed by atoms with Crippen molar-refractivity contribution in [3.05, 3.63) is 53.3 Å². The van der Waals surface area contributed by atoms with E-state index < -0.39 is 0 Å². The molecular weight excluding hydrogens is 240 g/mol. The van der Waals surface area contributed by atoms with Crippen molar-refractivity contribution in [3.63, 3.8) is 0 Å². The van der Waals surface area contributed by atoms with Gasteiger partial charge in [0.1, 0.15) is 5.69 Å². The molecule has 0 aliphatic heterocycles. The number of anilines is 1. The summed E-state index contributed by atoms with van der Waals surface area (Å²) in [6.07, 6.45) is 1.69. The van der Waals surface area contributed by atoms with Crippen LogP contribution in [0.15, 0.2) is 36.5 Å². The van der Waals surface area contributed by atoms with Gasteiger partial charge >= 0.3 is 0 Å². The second-order valence-electron chi connectivity index (χ2n) is 4.26. The quantitative estimate of drug-likeness (QED) is 0.868. The summed E-state index contributed by atoms with van der Waals surface area (Å²) >= 11 is 0. The smallest absolute Gasteiger partial charge is 0.268 e. The van der Waals surface area contributed by atoms with E-state index in [0.29, 0.717) is 23.5 Å². The van der Waals surface area contributed by atoms with Crippen LogP contribution >= 0.6 is 0 Å². The minimum atomic E-state index is -0.177. The predicted molar refractivity (Wildman–Crippen MR) is 72.2 cm³/mol. The van der Waals surface area contributed by atoms with Crippen molar-refractivity contribution in [2.45, 2.75) is 6.54 Å². The van der Waals surface area contributed by atoms with E-state index >= 15 is 0 Å². The van der Waals surface area contributed by atoms with E-state index in [2.05, 4.69) is 11.4 Å². The summed E-state index contributed by atoms with van der Waals surface area (Å²) in [5.41, 5.74) is 8.25. The topological polar surface area (TPSA) is 83.8 Å². The van der Waals surface area contributed by atoms with E-state index in [0.717, 1.165) is 5.56 Å². The zero-order valence-electron chi connectivity index (χ0n) is 10.6. The number of aromatic nitrogens is 1. The zero-order valence-corrected chi connectivity index (χ0v) is 10.6. The molecule has 5 heteroatoms. The minimum absolute atomic E-state index is 0.177. The molecule has 1 aromatic heterocycles. The molecule has 0 fully saturated rings. The first-order valence-corrected chi connectivity index (χ1v) is 5.79. The molecule has 1 heterocycles. The van der Waals surface area contributed by atoms with Crippen molar-refractivity contribution >= 4 is 11.6 Å². The SMILES string of the molecule is Cn1cc(N)cc1C(=O)NCc1ccc(C#N)cc1. The van der Waals surface area contributed by atoms with Gasteiger partial charge < -0.3 is 15.6 Å². The number of carbonyl (C=O) groups is 1. The van der Waals surface area contributed by atoms with Crippen LogP contribution < -0.4 is 11.1 Å². The van der Waals surface area contributed by atoms with Gasteiger partial charge in [-0.1, -0.05) is 12.1 Å². The van der Waals surface area contributed by atoms with Crippen molar-refractivity contribution in [1.29, 1.82) is 5.26 Å². The fraction of sp³-hybridized carbons (Fsp3) is 0.143. The molecule has 2 aromatic rings. The second kappa shape index (κ2) is 5.27. The lowest BCUT2D eigenvalue weighted by molar-refractivity contribution is 0.0943. The maximum absolute atomic E-state index is 11.9. The Morgan fingerprint density at radius 1 is 1.42 bits per heavy atom. The van der Waals surface area contributed by atoms with Crippen LogP contribution in [0.5, 0.6) is 0 Å².